The number of rotatable bonds is 1. The van der Waals surface area contributed by atoms with E-state index in [1.165, 1.54) is 44.4 Å². The van der Waals surface area contributed by atoms with Crippen LogP contribution in [0.1, 0.15) is 71.6 Å². The van der Waals surface area contributed by atoms with Crippen LogP contribution in [0.2, 0.25) is 0 Å². The van der Waals surface area contributed by atoms with Crippen LogP contribution in [-0.2, 0) is 0 Å². The van der Waals surface area contributed by atoms with Crippen LogP contribution in [0.5, 0.6) is 0 Å². The van der Waals surface area contributed by atoms with E-state index in [-0.39, 0.29) is 0 Å². The highest BCUT2D eigenvalue weighted by Gasteiger charge is 2.38. The Morgan fingerprint density at radius 2 is 1.95 bits per heavy atom. The molecule has 2 N–H and O–H groups in total. The molecular weight excluding hydrogens is 257 g/mol. The van der Waals surface area contributed by atoms with E-state index in [0.717, 1.165) is 19.3 Å². The molecule has 3 unspecified atom stereocenters. The Labute approximate surface area is 132 Å². The van der Waals surface area contributed by atoms with Crippen molar-refractivity contribution in [3.05, 3.63) is 0 Å². The number of nitrogens with two attached hydrogens (primary N) is 1. The summed E-state index contributed by atoms with van der Waals surface area (Å²) in [6.45, 7) is 4.56. The smallest absolute Gasteiger partial charge is 0.0990 e. The lowest BCUT2D eigenvalue weighted by atomic mass is 9.65. The Hall–Kier alpha value is -0.505. The first-order valence-corrected chi connectivity index (χ1v) is 8.76. The average molecular weight is 289 g/mol. The highest BCUT2D eigenvalue weighted by molar-refractivity contribution is 6.15. The fourth-order valence-corrected chi connectivity index (χ4v) is 4.33. The molecule has 1 aliphatic heterocycles. The van der Waals surface area contributed by atoms with E-state index in [4.69, 9.17) is 13.6 Å². The second-order valence-corrected chi connectivity index (χ2v) is 7.40. The molecule has 0 amide bonds. The Bertz CT molecular complexity index is 365. The molecule has 4 heteroatoms. The zero-order chi connectivity index (χ0) is 15.5. The van der Waals surface area contributed by atoms with Crippen molar-refractivity contribution in [2.24, 2.45) is 16.6 Å². The number of likely N-dealkylation sites (tertiary alicyclic amines) is 1. The van der Waals surface area contributed by atoms with Gasteiger partial charge in [0, 0.05) is 25.6 Å². The quantitative estimate of drug-likeness (QED) is 0.754. The second-order valence-electron chi connectivity index (χ2n) is 7.40. The first-order chi connectivity index (χ1) is 9.94. The summed E-state index contributed by atoms with van der Waals surface area (Å²) in [7, 11) is 8.32. The zero-order valence-electron chi connectivity index (χ0n) is 14.1. The number of hydrogen-bond acceptors (Lipinski definition) is 2. The molecule has 21 heavy (non-hydrogen) atoms. The third-order valence-electron chi connectivity index (χ3n) is 5.29. The summed E-state index contributed by atoms with van der Waals surface area (Å²) in [5.41, 5.74) is 5.91. The Balaban J connectivity index is 2.22. The van der Waals surface area contributed by atoms with Gasteiger partial charge in [0.05, 0.1) is 13.7 Å². The fraction of sp³-hybridized carbons (Fsp3) is 0.941. The van der Waals surface area contributed by atoms with Gasteiger partial charge in [-0.25, -0.2) is 0 Å². The van der Waals surface area contributed by atoms with Crippen LogP contribution >= 0.6 is 0 Å². The maximum Gasteiger partial charge on any atom is 0.0990 e. The van der Waals surface area contributed by atoms with Crippen molar-refractivity contribution in [1.82, 2.24) is 4.90 Å². The first-order valence-electron chi connectivity index (χ1n) is 8.76. The van der Waals surface area contributed by atoms with Gasteiger partial charge in [0.1, 0.15) is 0 Å². The van der Waals surface area contributed by atoms with Crippen LogP contribution in [0.25, 0.3) is 0 Å². The maximum atomic E-state index is 6.39. The molecule has 0 aromatic heterocycles. The number of piperidine rings is 1. The molecule has 2 aliphatic rings. The maximum absolute atomic E-state index is 6.39. The molecule has 2 rings (SSSR count). The lowest BCUT2D eigenvalue weighted by Gasteiger charge is -2.48. The highest BCUT2D eigenvalue weighted by Crippen LogP contribution is 2.36. The van der Waals surface area contributed by atoms with Gasteiger partial charge in [-0.15, -0.1) is 0 Å². The molecule has 0 bridgehead atoms. The van der Waals surface area contributed by atoms with Gasteiger partial charge in [-0.3, -0.25) is 4.99 Å². The second kappa shape index (κ2) is 7.17. The van der Waals surface area contributed by atoms with Crippen LogP contribution in [0.15, 0.2) is 4.99 Å². The molecule has 0 spiro atoms. The van der Waals surface area contributed by atoms with Crippen molar-refractivity contribution in [2.75, 3.05) is 7.05 Å². The summed E-state index contributed by atoms with van der Waals surface area (Å²) in [5.74, 6) is 1.90. The van der Waals surface area contributed by atoms with Crippen LogP contribution < -0.4 is 5.73 Å². The van der Waals surface area contributed by atoms with Gasteiger partial charge in [0.2, 0.25) is 0 Å². The van der Waals surface area contributed by atoms with E-state index in [0.29, 0.717) is 18.0 Å². The van der Waals surface area contributed by atoms with Crippen LogP contribution in [-0.4, -0.2) is 43.2 Å². The predicted octanol–water partition coefficient (Wildman–Crippen LogP) is 3.07. The number of aliphatic imine (C=N–C) groups is 1. The molecule has 118 valence electrons. The molecule has 0 aromatic rings. The SMILES string of the molecule is [B]C1(N)CCCCCCC2C(CCC(=NC)N2C(C)C)C1. The lowest BCUT2D eigenvalue weighted by Crippen LogP contribution is -2.55. The van der Waals surface area contributed by atoms with Crippen molar-refractivity contribution < 1.29 is 0 Å². The molecule has 2 radical (unpaired) electrons. The summed E-state index contributed by atoms with van der Waals surface area (Å²) in [6, 6.07) is 1.08. The van der Waals surface area contributed by atoms with Crippen LogP contribution in [0, 0.1) is 5.92 Å². The monoisotopic (exact) mass is 289 g/mol. The molecule has 3 atom stereocenters. The molecule has 1 saturated carbocycles. The van der Waals surface area contributed by atoms with Gasteiger partial charge in [-0.2, -0.15) is 0 Å². The third kappa shape index (κ3) is 4.24. The summed E-state index contributed by atoms with van der Waals surface area (Å²) in [6.07, 6.45) is 10.5. The molecule has 0 aromatic carbocycles. The van der Waals surface area contributed by atoms with Crippen LogP contribution in [0.4, 0.5) is 0 Å². The molecular formula is C17H32BN3. The highest BCUT2D eigenvalue weighted by atomic mass is 15.2. The minimum Gasteiger partial charge on any atom is -0.355 e. The van der Waals surface area contributed by atoms with Gasteiger partial charge in [-0.1, -0.05) is 25.7 Å². The fourth-order valence-electron chi connectivity index (χ4n) is 4.33. The number of fused-ring (bicyclic) bond motifs is 1. The van der Waals surface area contributed by atoms with E-state index in [2.05, 4.69) is 23.7 Å². The summed E-state index contributed by atoms with van der Waals surface area (Å²) in [4.78, 5) is 7.12. The summed E-state index contributed by atoms with van der Waals surface area (Å²) >= 11 is 0. The topological polar surface area (TPSA) is 41.6 Å². The first kappa shape index (κ1) is 16.9. The summed E-state index contributed by atoms with van der Waals surface area (Å²) in [5, 5.41) is 0. The number of nitrogens with zero attached hydrogens (tertiary/aromatic N) is 2. The minimum absolute atomic E-state index is 0.482. The van der Waals surface area contributed by atoms with Crippen molar-refractivity contribution in [3.8, 4) is 0 Å². The van der Waals surface area contributed by atoms with E-state index >= 15 is 0 Å². The Morgan fingerprint density at radius 3 is 2.62 bits per heavy atom. The van der Waals surface area contributed by atoms with E-state index in [1.807, 2.05) is 7.05 Å². The van der Waals surface area contributed by atoms with Crippen molar-refractivity contribution in [2.45, 2.75) is 89.2 Å². The lowest BCUT2D eigenvalue weighted by molar-refractivity contribution is 0.125. The van der Waals surface area contributed by atoms with Gasteiger partial charge in [0.15, 0.2) is 0 Å². The van der Waals surface area contributed by atoms with Gasteiger partial charge < -0.3 is 10.6 Å². The van der Waals surface area contributed by atoms with Gasteiger partial charge in [-0.05, 0) is 50.9 Å². The normalized spacial score (nSPS) is 37.6. The summed E-state index contributed by atoms with van der Waals surface area (Å²) < 4.78 is 0. The van der Waals surface area contributed by atoms with Crippen molar-refractivity contribution in [1.29, 1.82) is 0 Å². The zero-order valence-corrected chi connectivity index (χ0v) is 14.1. The number of hydrogen-bond donors (Lipinski definition) is 1. The average Bonchev–Trinajstić information content (AvgIpc) is 2.42. The van der Waals surface area contributed by atoms with Crippen molar-refractivity contribution >= 4 is 13.7 Å². The van der Waals surface area contributed by atoms with Gasteiger partial charge in [0.25, 0.3) is 0 Å². The number of amidine groups is 1. The minimum atomic E-state index is -0.482. The largest absolute Gasteiger partial charge is 0.355 e. The van der Waals surface area contributed by atoms with Crippen molar-refractivity contribution in [3.63, 3.8) is 0 Å². The Morgan fingerprint density at radius 1 is 1.24 bits per heavy atom. The molecule has 1 heterocycles. The standard InChI is InChI=1S/C17H32BN3/c1-13(2)21-15-8-6-4-5-7-11-17(18,19)12-14(15)9-10-16(21)20-3/h13-15H,4-12,19H2,1-3H3. The predicted molar refractivity (Wildman–Crippen MR) is 91.8 cm³/mol. The van der Waals surface area contributed by atoms with Crippen LogP contribution in [0.3, 0.4) is 0 Å². The molecule has 3 nitrogen and oxygen atoms in total. The van der Waals surface area contributed by atoms with E-state index < -0.39 is 5.44 Å². The molecule has 1 aliphatic carbocycles. The Kier molecular flexibility index (Phi) is 5.76. The van der Waals surface area contributed by atoms with Gasteiger partial charge >= 0.3 is 0 Å². The van der Waals surface area contributed by atoms with E-state index in [9.17, 15) is 0 Å². The third-order valence-corrected chi connectivity index (χ3v) is 5.29. The van der Waals surface area contributed by atoms with E-state index in [1.54, 1.807) is 0 Å². The molecule has 1 saturated heterocycles. The molecule has 2 fully saturated rings.